The smallest absolute Gasteiger partial charge is 0.326 e. The minimum atomic E-state index is -1.12. The second-order valence-corrected chi connectivity index (χ2v) is 4.01. The molecule has 2 N–H and O–H groups in total. The number of likely N-dealkylation sites (tertiary alicyclic amines) is 1. The number of rotatable bonds is 3. The van der Waals surface area contributed by atoms with Gasteiger partial charge in [0, 0.05) is 26.6 Å². The normalized spacial score (nSPS) is 23.2. The lowest BCUT2D eigenvalue weighted by Crippen LogP contribution is -2.47. The van der Waals surface area contributed by atoms with Crippen LogP contribution in [0.2, 0.25) is 0 Å². The van der Waals surface area contributed by atoms with E-state index >= 15 is 0 Å². The zero-order valence-electron chi connectivity index (χ0n) is 9.54. The van der Waals surface area contributed by atoms with Crippen molar-refractivity contribution in [1.82, 2.24) is 9.80 Å². The van der Waals surface area contributed by atoms with Gasteiger partial charge in [-0.3, -0.25) is 0 Å². The van der Waals surface area contributed by atoms with Crippen LogP contribution in [0.1, 0.15) is 12.8 Å². The van der Waals surface area contributed by atoms with Crippen molar-refractivity contribution in [3.05, 3.63) is 0 Å². The molecule has 94 valence electrons. The Balaban J connectivity index is 2.67. The molecule has 0 radical (unpaired) electrons. The fourth-order valence-corrected chi connectivity index (χ4v) is 1.79. The number of carbonyl (C=O) groups excluding carboxylic acids is 1. The SMILES string of the molecule is CN(CCC#N)C(=O)N1CC(O)CC1C(=O)O. The maximum Gasteiger partial charge on any atom is 0.326 e. The molecule has 0 aliphatic carbocycles. The van der Waals surface area contributed by atoms with Crippen molar-refractivity contribution in [1.29, 1.82) is 5.26 Å². The van der Waals surface area contributed by atoms with E-state index < -0.39 is 24.1 Å². The van der Waals surface area contributed by atoms with Gasteiger partial charge in [0.05, 0.1) is 18.6 Å². The third-order valence-corrected chi connectivity index (χ3v) is 2.70. The average molecular weight is 241 g/mol. The molecule has 17 heavy (non-hydrogen) atoms. The first-order valence-corrected chi connectivity index (χ1v) is 5.27. The average Bonchev–Trinajstić information content (AvgIpc) is 2.67. The van der Waals surface area contributed by atoms with Crippen molar-refractivity contribution in [2.24, 2.45) is 0 Å². The minimum absolute atomic E-state index is 0.0205. The van der Waals surface area contributed by atoms with Crippen molar-refractivity contribution in [2.45, 2.75) is 25.0 Å². The first-order chi connectivity index (χ1) is 7.97. The van der Waals surface area contributed by atoms with E-state index in [2.05, 4.69) is 0 Å². The molecule has 7 nitrogen and oxygen atoms in total. The summed E-state index contributed by atoms with van der Waals surface area (Å²) >= 11 is 0. The van der Waals surface area contributed by atoms with Crippen LogP contribution >= 0.6 is 0 Å². The van der Waals surface area contributed by atoms with Gasteiger partial charge in [-0.05, 0) is 0 Å². The summed E-state index contributed by atoms with van der Waals surface area (Å²) in [7, 11) is 1.50. The molecule has 1 fully saturated rings. The number of carbonyl (C=O) groups is 2. The zero-order chi connectivity index (χ0) is 13.0. The van der Waals surface area contributed by atoms with Gasteiger partial charge < -0.3 is 20.0 Å². The van der Waals surface area contributed by atoms with Crippen LogP contribution in [0.3, 0.4) is 0 Å². The van der Waals surface area contributed by atoms with Crippen LogP contribution in [0, 0.1) is 11.3 Å². The monoisotopic (exact) mass is 241 g/mol. The molecule has 2 unspecified atom stereocenters. The van der Waals surface area contributed by atoms with E-state index in [4.69, 9.17) is 10.4 Å². The molecule has 1 heterocycles. The molecule has 0 aromatic heterocycles. The molecule has 0 bridgehead atoms. The zero-order valence-corrected chi connectivity index (χ0v) is 9.54. The lowest BCUT2D eigenvalue weighted by Gasteiger charge is -2.26. The fraction of sp³-hybridized carbons (Fsp3) is 0.700. The van der Waals surface area contributed by atoms with Gasteiger partial charge in [-0.1, -0.05) is 0 Å². The Hall–Kier alpha value is -1.81. The number of aliphatic hydroxyl groups excluding tert-OH is 1. The Morgan fingerprint density at radius 1 is 1.59 bits per heavy atom. The summed E-state index contributed by atoms with van der Waals surface area (Å²) in [4.78, 5) is 25.2. The van der Waals surface area contributed by atoms with Gasteiger partial charge in [-0.2, -0.15) is 5.26 Å². The molecule has 7 heteroatoms. The molecule has 0 aromatic rings. The summed E-state index contributed by atoms with van der Waals surface area (Å²) in [5.74, 6) is -1.12. The topological polar surface area (TPSA) is 105 Å². The Labute approximate surface area is 98.8 Å². The van der Waals surface area contributed by atoms with Gasteiger partial charge in [0.1, 0.15) is 6.04 Å². The molecule has 0 spiro atoms. The van der Waals surface area contributed by atoms with Crippen molar-refractivity contribution >= 4 is 12.0 Å². The summed E-state index contributed by atoms with van der Waals surface area (Å²) in [5.41, 5.74) is 0. The van der Waals surface area contributed by atoms with E-state index in [0.717, 1.165) is 4.90 Å². The fourth-order valence-electron chi connectivity index (χ4n) is 1.79. The van der Waals surface area contributed by atoms with E-state index in [1.165, 1.54) is 11.9 Å². The van der Waals surface area contributed by atoms with Crippen molar-refractivity contribution in [3.8, 4) is 6.07 Å². The van der Waals surface area contributed by atoms with Gasteiger partial charge in [-0.15, -0.1) is 0 Å². The maximum atomic E-state index is 11.9. The predicted molar refractivity (Wildman–Crippen MR) is 57.0 cm³/mol. The van der Waals surface area contributed by atoms with Crippen molar-refractivity contribution in [2.75, 3.05) is 20.1 Å². The second kappa shape index (κ2) is 5.50. The third kappa shape index (κ3) is 3.07. The highest BCUT2D eigenvalue weighted by molar-refractivity contribution is 5.83. The summed E-state index contributed by atoms with van der Waals surface area (Å²) < 4.78 is 0. The Morgan fingerprint density at radius 3 is 2.76 bits per heavy atom. The van der Waals surface area contributed by atoms with Crippen LogP contribution in [0.4, 0.5) is 4.79 Å². The van der Waals surface area contributed by atoms with E-state index in [9.17, 15) is 14.7 Å². The maximum absolute atomic E-state index is 11.9. The number of nitrogens with zero attached hydrogens (tertiary/aromatic N) is 3. The summed E-state index contributed by atoms with van der Waals surface area (Å²) in [6.45, 7) is 0.265. The van der Waals surface area contributed by atoms with Crippen LogP contribution in [0.5, 0.6) is 0 Å². The number of aliphatic hydroxyl groups is 1. The number of carboxylic acids is 1. The van der Waals surface area contributed by atoms with Gasteiger partial charge in [-0.25, -0.2) is 9.59 Å². The van der Waals surface area contributed by atoms with Crippen LogP contribution in [0.15, 0.2) is 0 Å². The summed E-state index contributed by atoms with van der Waals surface area (Å²) in [5, 5.41) is 26.7. The van der Waals surface area contributed by atoms with Crippen LogP contribution in [-0.2, 0) is 4.79 Å². The van der Waals surface area contributed by atoms with E-state index in [-0.39, 0.29) is 25.9 Å². The number of carboxylic acid groups (broad SMARTS) is 1. The van der Waals surface area contributed by atoms with Gasteiger partial charge in [0.25, 0.3) is 0 Å². The van der Waals surface area contributed by atoms with Crippen LogP contribution in [-0.4, -0.2) is 64.3 Å². The number of β-amino-alcohol motifs (C(OH)–C–C–N with tert-alkyl or cyclic N) is 1. The third-order valence-electron chi connectivity index (χ3n) is 2.70. The van der Waals surface area contributed by atoms with Crippen LogP contribution in [0.25, 0.3) is 0 Å². The first-order valence-electron chi connectivity index (χ1n) is 5.27. The predicted octanol–water partition coefficient (Wildman–Crippen LogP) is -0.528. The molecule has 2 atom stereocenters. The van der Waals surface area contributed by atoms with E-state index in [1.807, 2.05) is 6.07 Å². The quantitative estimate of drug-likeness (QED) is 0.691. The van der Waals surface area contributed by atoms with Gasteiger partial charge in [0.15, 0.2) is 0 Å². The molecular weight excluding hydrogens is 226 g/mol. The second-order valence-electron chi connectivity index (χ2n) is 4.01. The summed E-state index contributed by atoms with van der Waals surface area (Å²) in [6.07, 6.45) is -0.562. The Bertz CT molecular complexity index is 352. The summed E-state index contributed by atoms with van der Waals surface area (Å²) in [6, 6.07) is 0.456. The lowest BCUT2D eigenvalue weighted by molar-refractivity contribution is -0.141. The molecule has 1 aliphatic heterocycles. The largest absolute Gasteiger partial charge is 0.480 e. The molecular formula is C10H15N3O4. The number of hydrogen-bond donors (Lipinski definition) is 2. The molecule has 0 aromatic carbocycles. The number of urea groups is 1. The number of aliphatic carboxylic acids is 1. The highest BCUT2D eigenvalue weighted by Gasteiger charge is 2.39. The van der Waals surface area contributed by atoms with E-state index in [0.29, 0.717) is 0 Å². The Morgan fingerprint density at radius 2 is 2.24 bits per heavy atom. The molecule has 1 aliphatic rings. The standard InChI is InChI=1S/C10H15N3O4/c1-12(4-2-3-11)10(17)13-6-7(14)5-8(13)9(15)16/h7-8,14H,2,4-6H2,1H3,(H,15,16). The number of hydrogen-bond acceptors (Lipinski definition) is 4. The number of amides is 2. The minimum Gasteiger partial charge on any atom is -0.480 e. The van der Waals surface area contributed by atoms with Crippen molar-refractivity contribution in [3.63, 3.8) is 0 Å². The van der Waals surface area contributed by atoms with Crippen molar-refractivity contribution < 1.29 is 19.8 Å². The van der Waals surface area contributed by atoms with Gasteiger partial charge in [0.2, 0.25) is 0 Å². The molecule has 1 saturated heterocycles. The molecule has 1 rings (SSSR count). The first kappa shape index (κ1) is 13.3. The van der Waals surface area contributed by atoms with E-state index in [1.54, 1.807) is 0 Å². The lowest BCUT2D eigenvalue weighted by atomic mass is 10.2. The highest BCUT2D eigenvalue weighted by Crippen LogP contribution is 2.19. The van der Waals surface area contributed by atoms with Crippen LogP contribution < -0.4 is 0 Å². The van der Waals surface area contributed by atoms with Gasteiger partial charge >= 0.3 is 12.0 Å². The Kier molecular flexibility index (Phi) is 4.29. The molecule has 0 saturated carbocycles. The molecule has 2 amide bonds. The highest BCUT2D eigenvalue weighted by atomic mass is 16.4. The number of nitriles is 1.